The van der Waals surface area contributed by atoms with Crippen molar-refractivity contribution < 1.29 is 9.53 Å². The molecule has 0 aliphatic rings. The standard InChI is InChI=1S/C9H10BrNO2/c1-2-13-9(12)11-8-6-4-3-5-7(8)10/h3-6H,2H2,1H3,(H,11,12). The van der Waals surface area contributed by atoms with Crippen LogP contribution in [0, 0.1) is 0 Å². The third kappa shape index (κ3) is 3.06. The molecule has 0 atom stereocenters. The van der Waals surface area contributed by atoms with Crippen molar-refractivity contribution >= 4 is 27.7 Å². The summed E-state index contributed by atoms with van der Waals surface area (Å²) in [5.74, 6) is 0. The molecule has 0 saturated heterocycles. The lowest BCUT2D eigenvalue weighted by atomic mass is 10.3. The Balaban J connectivity index is 2.63. The van der Waals surface area contributed by atoms with E-state index in [1.807, 2.05) is 18.2 Å². The Bertz CT molecular complexity index is 301. The number of ether oxygens (including phenoxy) is 1. The number of carbonyl (C=O) groups is 1. The van der Waals surface area contributed by atoms with E-state index in [1.54, 1.807) is 13.0 Å². The maximum absolute atomic E-state index is 11.0. The van der Waals surface area contributed by atoms with Crippen molar-refractivity contribution in [1.82, 2.24) is 0 Å². The fraction of sp³-hybridized carbons (Fsp3) is 0.222. The third-order valence-electron chi connectivity index (χ3n) is 1.39. The van der Waals surface area contributed by atoms with Gasteiger partial charge in [-0.05, 0) is 35.0 Å². The minimum atomic E-state index is -0.436. The highest BCUT2D eigenvalue weighted by Crippen LogP contribution is 2.21. The van der Waals surface area contributed by atoms with Gasteiger partial charge in [-0.2, -0.15) is 0 Å². The Hall–Kier alpha value is -1.03. The van der Waals surface area contributed by atoms with Gasteiger partial charge in [0.15, 0.2) is 0 Å². The van der Waals surface area contributed by atoms with Crippen molar-refractivity contribution in [2.45, 2.75) is 6.92 Å². The van der Waals surface area contributed by atoms with E-state index >= 15 is 0 Å². The normalized spacial score (nSPS) is 9.38. The van der Waals surface area contributed by atoms with E-state index < -0.39 is 6.09 Å². The second-order valence-corrected chi connectivity index (χ2v) is 3.18. The Morgan fingerprint density at radius 2 is 2.23 bits per heavy atom. The highest BCUT2D eigenvalue weighted by molar-refractivity contribution is 9.10. The molecule has 1 aromatic carbocycles. The SMILES string of the molecule is CCOC(=O)Nc1ccccc1Br. The first kappa shape index (κ1) is 10.1. The molecular weight excluding hydrogens is 234 g/mol. The summed E-state index contributed by atoms with van der Waals surface area (Å²) in [5, 5.41) is 2.60. The van der Waals surface area contributed by atoms with Gasteiger partial charge >= 0.3 is 6.09 Å². The van der Waals surface area contributed by atoms with Gasteiger partial charge in [0.2, 0.25) is 0 Å². The van der Waals surface area contributed by atoms with Crippen molar-refractivity contribution in [3.8, 4) is 0 Å². The molecule has 0 aliphatic heterocycles. The maximum Gasteiger partial charge on any atom is 0.411 e. The highest BCUT2D eigenvalue weighted by atomic mass is 79.9. The van der Waals surface area contributed by atoms with Crippen molar-refractivity contribution in [3.05, 3.63) is 28.7 Å². The predicted molar refractivity (Wildman–Crippen MR) is 54.8 cm³/mol. The van der Waals surface area contributed by atoms with Crippen LogP contribution in [-0.4, -0.2) is 12.7 Å². The number of halogens is 1. The molecule has 1 N–H and O–H groups in total. The van der Waals surface area contributed by atoms with Crippen LogP contribution in [0.2, 0.25) is 0 Å². The second kappa shape index (κ2) is 4.87. The molecule has 0 unspecified atom stereocenters. The predicted octanol–water partition coefficient (Wildman–Crippen LogP) is 3.02. The Morgan fingerprint density at radius 3 is 2.85 bits per heavy atom. The lowest BCUT2D eigenvalue weighted by molar-refractivity contribution is 0.168. The maximum atomic E-state index is 11.0. The van der Waals surface area contributed by atoms with Crippen LogP contribution in [0.3, 0.4) is 0 Å². The quantitative estimate of drug-likeness (QED) is 0.868. The van der Waals surface area contributed by atoms with Gasteiger partial charge in [-0.3, -0.25) is 5.32 Å². The zero-order chi connectivity index (χ0) is 9.68. The van der Waals surface area contributed by atoms with E-state index in [0.717, 1.165) is 4.47 Å². The van der Waals surface area contributed by atoms with Crippen LogP contribution in [0.1, 0.15) is 6.92 Å². The number of rotatable bonds is 2. The van der Waals surface area contributed by atoms with Gasteiger partial charge < -0.3 is 4.74 Å². The fourth-order valence-corrected chi connectivity index (χ4v) is 1.22. The smallest absolute Gasteiger partial charge is 0.411 e. The molecule has 1 rings (SSSR count). The monoisotopic (exact) mass is 243 g/mol. The van der Waals surface area contributed by atoms with Gasteiger partial charge in [0.05, 0.1) is 12.3 Å². The zero-order valence-electron chi connectivity index (χ0n) is 7.21. The van der Waals surface area contributed by atoms with E-state index in [2.05, 4.69) is 21.2 Å². The molecule has 0 radical (unpaired) electrons. The van der Waals surface area contributed by atoms with Crippen molar-refractivity contribution in [1.29, 1.82) is 0 Å². The highest BCUT2D eigenvalue weighted by Gasteiger charge is 2.03. The molecule has 0 aromatic heterocycles. The van der Waals surface area contributed by atoms with Crippen LogP contribution in [-0.2, 0) is 4.74 Å². The van der Waals surface area contributed by atoms with Crippen LogP contribution < -0.4 is 5.32 Å². The Morgan fingerprint density at radius 1 is 1.54 bits per heavy atom. The molecule has 0 saturated carbocycles. The molecule has 0 fully saturated rings. The van der Waals surface area contributed by atoms with E-state index in [4.69, 9.17) is 4.74 Å². The van der Waals surface area contributed by atoms with Gasteiger partial charge in [-0.1, -0.05) is 12.1 Å². The molecule has 4 heteroatoms. The number of amides is 1. The molecular formula is C9H10BrNO2. The average molecular weight is 244 g/mol. The van der Waals surface area contributed by atoms with Crippen LogP contribution in [0.5, 0.6) is 0 Å². The first-order valence-electron chi connectivity index (χ1n) is 3.92. The summed E-state index contributed by atoms with van der Waals surface area (Å²) in [6.07, 6.45) is -0.436. The van der Waals surface area contributed by atoms with E-state index in [9.17, 15) is 4.79 Å². The molecule has 0 bridgehead atoms. The summed E-state index contributed by atoms with van der Waals surface area (Å²) in [7, 11) is 0. The molecule has 0 spiro atoms. The first-order valence-corrected chi connectivity index (χ1v) is 4.71. The minimum absolute atomic E-state index is 0.371. The van der Waals surface area contributed by atoms with Crippen LogP contribution in [0.25, 0.3) is 0 Å². The number of anilines is 1. The van der Waals surface area contributed by atoms with Crippen LogP contribution >= 0.6 is 15.9 Å². The van der Waals surface area contributed by atoms with Crippen molar-refractivity contribution in [3.63, 3.8) is 0 Å². The zero-order valence-corrected chi connectivity index (χ0v) is 8.80. The van der Waals surface area contributed by atoms with Gasteiger partial charge in [0, 0.05) is 4.47 Å². The number of nitrogens with one attached hydrogen (secondary N) is 1. The summed E-state index contributed by atoms with van der Waals surface area (Å²) in [6, 6.07) is 7.36. The average Bonchev–Trinajstić information content (AvgIpc) is 2.09. The number of benzene rings is 1. The Labute approximate surface area is 85.2 Å². The van der Waals surface area contributed by atoms with Gasteiger partial charge in [-0.25, -0.2) is 4.79 Å². The van der Waals surface area contributed by atoms with Crippen molar-refractivity contribution in [2.24, 2.45) is 0 Å². The molecule has 70 valence electrons. The number of para-hydroxylation sites is 1. The lowest BCUT2D eigenvalue weighted by Crippen LogP contribution is -2.13. The topological polar surface area (TPSA) is 38.3 Å². The fourth-order valence-electron chi connectivity index (χ4n) is 0.840. The molecule has 1 aromatic rings. The summed E-state index contributed by atoms with van der Waals surface area (Å²) in [6.45, 7) is 2.13. The van der Waals surface area contributed by atoms with E-state index in [-0.39, 0.29) is 0 Å². The number of hydrogen-bond donors (Lipinski definition) is 1. The number of carbonyl (C=O) groups excluding carboxylic acids is 1. The van der Waals surface area contributed by atoms with Crippen molar-refractivity contribution in [2.75, 3.05) is 11.9 Å². The summed E-state index contributed by atoms with van der Waals surface area (Å²) < 4.78 is 5.57. The molecule has 13 heavy (non-hydrogen) atoms. The van der Waals surface area contributed by atoms with E-state index in [1.165, 1.54) is 0 Å². The molecule has 0 aliphatic carbocycles. The van der Waals surface area contributed by atoms with Gasteiger partial charge in [0.25, 0.3) is 0 Å². The second-order valence-electron chi connectivity index (χ2n) is 2.33. The molecule has 1 amide bonds. The summed E-state index contributed by atoms with van der Waals surface area (Å²) in [4.78, 5) is 11.0. The van der Waals surface area contributed by atoms with Crippen LogP contribution in [0.4, 0.5) is 10.5 Å². The molecule has 0 heterocycles. The summed E-state index contributed by atoms with van der Waals surface area (Å²) >= 11 is 3.31. The minimum Gasteiger partial charge on any atom is -0.450 e. The lowest BCUT2D eigenvalue weighted by Gasteiger charge is -2.06. The summed E-state index contributed by atoms with van der Waals surface area (Å²) in [5.41, 5.74) is 0.709. The Kier molecular flexibility index (Phi) is 3.76. The number of hydrogen-bond acceptors (Lipinski definition) is 2. The molecule has 3 nitrogen and oxygen atoms in total. The van der Waals surface area contributed by atoms with Gasteiger partial charge in [-0.15, -0.1) is 0 Å². The van der Waals surface area contributed by atoms with Gasteiger partial charge in [0.1, 0.15) is 0 Å². The third-order valence-corrected chi connectivity index (χ3v) is 2.08. The van der Waals surface area contributed by atoms with E-state index in [0.29, 0.717) is 12.3 Å². The van der Waals surface area contributed by atoms with Crippen LogP contribution in [0.15, 0.2) is 28.7 Å². The largest absolute Gasteiger partial charge is 0.450 e. The first-order chi connectivity index (χ1) is 6.24.